The van der Waals surface area contributed by atoms with Crippen LogP contribution in [0.4, 0.5) is 5.69 Å². The first-order valence-corrected chi connectivity index (χ1v) is 8.54. The van der Waals surface area contributed by atoms with E-state index in [-0.39, 0.29) is 5.91 Å². The van der Waals surface area contributed by atoms with Crippen LogP contribution >= 0.6 is 15.9 Å². The number of anilines is 1. The SMILES string of the molecule is COc1cc(C(=O)Nc2cccc(Cn3cncn3)c2)cc(OC)c1Br. The molecule has 2 aromatic carbocycles. The van der Waals surface area contributed by atoms with Gasteiger partial charge in [0, 0.05) is 11.3 Å². The zero-order valence-electron chi connectivity index (χ0n) is 14.3. The topological polar surface area (TPSA) is 78.3 Å². The van der Waals surface area contributed by atoms with E-state index in [4.69, 9.17) is 9.47 Å². The molecule has 0 atom stereocenters. The van der Waals surface area contributed by atoms with Crippen molar-refractivity contribution >= 4 is 27.5 Å². The fraction of sp³-hybridized carbons (Fsp3) is 0.167. The lowest BCUT2D eigenvalue weighted by Crippen LogP contribution is -2.13. The number of carbonyl (C=O) groups excluding carboxylic acids is 1. The molecule has 0 aliphatic carbocycles. The number of halogens is 1. The molecule has 3 rings (SSSR count). The number of rotatable bonds is 6. The molecular weight excluding hydrogens is 400 g/mol. The van der Waals surface area contributed by atoms with E-state index < -0.39 is 0 Å². The highest BCUT2D eigenvalue weighted by atomic mass is 79.9. The third-order valence-corrected chi connectivity index (χ3v) is 4.49. The highest BCUT2D eigenvalue weighted by Gasteiger charge is 2.15. The number of nitrogens with one attached hydrogen (secondary N) is 1. The van der Waals surface area contributed by atoms with Crippen LogP contribution in [-0.4, -0.2) is 34.9 Å². The van der Waals surface area contributed by atoms with Gasteiger partial charge < -0.3 is 14.8 Å². The first-order chi connectivity index (χ1) is 12.6. The molecule has 0 spiro atoms. The maximum Gasteiger partial charge on any atom is 0.255 e. The first-order valence-electron chi connectivity index (χ1n) is 7.75. The Morgan fingerprint density at radius 2 is 1.92 bits per heavy atom. The van der Waals surface area contributed by atoms with Crippen LogP contribution in [0.2, 0.25) is 0 Å². The average molecular weight is 417 g/mol. The smallest absolute Gasteiger partial charge is 0.255 e. The minimum atomic E-state index is -0.257. The standard InChI is InChI=1S/C18H17BrN4O3/c1-25-15-7-13(8-16(26-2)17(15)19)18(24)22-14-5-3-4-12(6-14)9-23-11-20-10-21-23/h3-8,10-11H,9H2,1-2H3,(H,22,24). The quantitative estimate of drug-likeness (QED) is 0.666. The molecule has 7 nitrogen and oxygen atoms in total. The lowest BCUT2D eigenvalue weighted by molar-refractivity contribution is 0.102. The predicted molar refractivity (Wildman–Crippen MR) is 101 cm³/mol. The lowest BCUT2D eigenvalue weighted by atomic mass is 10.1. The number of benzene rings is 2. The molecule has 0 aliphatic rings. The van der Waals surface area contributed by atoms with Gasteiger partial charge in [0.05, 0.1) is 20.8 Å². The monoisotopic (exact) mass is 416 g/mol. The number of amides is 1. The van der Waals surface area contributed by atoms with Gasteiger partial charge in [-0.15, -0.1) is 0 Å². The van der Waals surface area contributed by atoms with E-state index >= 15 is 0 Å². The van der Waals surface area contributed by atoms with Crippen LogP contribution in [0.3, 0.4) is 0 Å². The summed E-state index contributed by atoms with van der Waals surface area (Å²) in [6.07, 6.45) is 3.13. The van der Waals surface area contributed by atoms with Gasteiger partial charge in [-0.25, -0.2) is 9.67 Å². The molecule has 0 saturated heterocycles. The van der Waals surface area contributed by atoms with Gasteiger partial charge in [-0.2, -0.15) is 5.10 Å². The Morgan fingerprint density at radius 3 is 2.54 bits per heavy atom. The van der Waals surface area contributed by atoms with Crippen molar-refractivity contribution in [1.29, 1.82) is 0 Å². The predicted octanol–water partition coefficient (Wildman–Crippen LogP) is 3.36. The van der Waals surface area contributed by atoms with Crippen molar-refractivity contribution < 1.29 is 14.3 Å². The summed E-state index contributed by atoms with van der Waals surface area (Å²) in [5.41, 5.74) is 2.12. The van der Waals surface area contributed by atoms with Crippen LogP contribution < -0.4 is 14.8 Å². The molecule has 0 unspecified atom stereocenters. The van der Waals surface area contributed by atoms with Gasteiger partial charge in [0.25, 0.3) is 5.91 Å². The van der Waals surface area contributed by atoms with Crippen molar-refractivity contribution in [2.24, 2.45) is 0 Å². The number of hydrogen-bond donors (Lipinski definition) is 1. The number of carbonyl (C=O) groups is 1. The molecule has 0 aliphatic heterocycles. The Morgan fingerprint density at radius 1 is 1.19 bits per heavy atom. The van der Waals surface area contributed by atoms with Crippen molar-refractivity contribution in [1.82, 2.24) is 14.8 Å². The van der Waals surface area contributed by atoms with Crippen LogP contribution in [0.5, 0.6) is 11.5 Å². The van der Waals surface area contributed by atoms with Crippen LogP contribution in [0.15, 0.2) is 53.5 Å². The third-order valence-electron chi connectivity index (χ3n) is 3.70. The van der Waals surface area contributed by atoms with E-state index in [9.17, 15) is 4.79 Å². The van der Waals surface area contributed by atoms with Gasteiger partial charge in [-0.05, 0) is 45.8 Å². The first kappa shape index (κ1) is 17.9. The number of nitrogens with zero attached hydrogens (tertiary/aromatic N) is 3. The maximum atomic E-state index is 12.6. The second-order valence-corrected chi connectivity index (χ2v) is 6.24. The van der Waals surface area contributed by atoms with E-state index in [2.05, 4.69) is 31.3 Å². The highest BCUT2D eigenvalue weighted by molar-refractivity contribution is 9.10. The van der Waals surface area contributed by atoms with Crippen molar-refractivity contribution in [3.05, 3.63) is 64.7 Å². The van der Waals surface area contributed by atoms with Crippen molar-refractivity contribution in [2.45, 2.75) is 6.54 Å². The van der Waals surface area contributed by atoms with E-state index in [0.29, 0.717) is 33.8 Å². The van der Waals surface area contributed by atoms with Crippen LogP contribution in [0.1, 0.15) is 15.9 Å². The number of ether oxygens (including phenoxy) is 2. The number of methoxy groups -OCH3 is 2. The molecule has 0 bridgehead atoms. The normalized spacial score (nSPS) is 10.4. The van der Waals surface area contributed by atoms with Gasteiger partial charge in [0.15, 0.2) is 0 Å². The summed E-state index contributed by atoms with van der Waals surface area (Å²) in [5.74, 6) is 0.788. The fourth-order valence-electron chi connectivity index (χ4n) is 2.45. The second kappa shape index (κ2) is 8.01. The van der Waals surface area contributed by atoms with Crippen molar-refractivity contribution in [3.63, 3.8) is 0 Å². The van der Waals surface area contributed by atoms with Crippen molar-refractivity contribution in [3.8, 4) is 11.5 Å². The van der Waals surface area contributed by atoms with Gasteiger partial charge in [0.2, 0.25) is 0 Å². The largest absolute Gasteiger partial charge is 0.495 e. The number of aromatic nitrogens is 3. The van der Waals surface area contributed by atoms with Gasteiger partial charge in [-0.1, -0.05) is 12.1 Å². The molecule has 26 heavy (non-hydrogen) atoms. The average Bonchev–Trinajstić information content (AvgIpc) is 3.15. The van der Waals surface area contributed by atoms with Crippen LogP contribution in [0.25, 0.3) is 0 Å². The molecule has 3 aromatic rings. The van der Waals surface area contributed by atoms with Crippen molar-refractivity contribution in [2.75, 3.05) is 19.5 Å². The number of hydrogen-bond acceptors (Lipinski definition) is 5. The zero-order valence-corrected chi connectivity index (χ0v) is 15.9. The summed E-state index contributed by atoms with van der Waals surface area (Å²) < 4.78 is 12.9. The molecule has 1 heterocycles. The molecule has 8 heteroatoms. The summed E-state index contributed by atoms with van der Waals surface area (Å²) >= 11 is 3.39. The Bertz CT molecular complexity index is 888. The maximum absolute atomic E-state index is 12.6. The molecule has 1 N–H and O–H groups in total. The minimum Gasteiger partial charge on any atom is -0.495 e. The van der Waals surface area contributed by atoms with Gasteiger partial charge in [0.1, 0.15) is 28.6 Å². The summed E-state index contributed by atoms with van der Waals surface area (Å²) in [4.78, 5) is 16.5. The fourth-order valence-corrected chi connectivity index (χ4v) is 3.01. The van der Waals surface area contributed by atoms with E-state index in [1.807, 2.05) is 24.3 Å². The highest BCUT2D eigenvalue weighted by Crippen LogP contribution is 2.35. The molecule has 0 saturated carbocycles. The van der Waals surface area contributed by atoms with E-state index in [1.165, 1.54) is 20.5 Å². The summed E-state index contributed by atoms with van der Waals surface area (Å²) in [5, 5.41) is 6.97. The van der Waals surface area contributed by atoms with Gasteiger partial charge >= 0.3 is 0 Å². The molecule has 0 radical (unpaired) electrons. The molecule has 1 aromatic heterocycles. The summed E-state index contributed by atoms with van der Waals surface area (Å²) in [7, 11) is 3.07. The third kappa shape index (κ3) is 4.02. The Balaban J connectivity index is 1.80. The zero-order chi connectivity index (χ0) is 18.5. The molecule has 1 amide bonds. The van der Waals surface area contributed by atoms with Crippen LogP contribution in [0, 0.1) is 0 Å². The summed E-state index contributed by atoms with van der Waals surface area (Å²) in [6, 6.07) is 10.9. The lowest BCUT2D eigenvalue weighted by Gasteiger charge is -2.12. The molecule has 0 fully saturated rings. The minimum absolute atomic E-state index is 0.257. The summed E-state index contributed by atoms with van der Waals surface area (Å²) in [6.45, 7) is 0.573. The van der Waals surface area contributed by atoms with Crippen LogP contribution in [-0.2, 0) is 6.54 Å². The second-order valence-electron chi connectivity index (χ2n) is 5.44. The van der Waals surface area contributed by atoms with E-state index in [0.717, 1.165) is 5.56 Å². The molecular formula is C18H17BrN4O3. The Hall–Kier alpha value is -2.87. The Kier molecular flexibility index (Phi) is 5.52. The van der Waals surface area contributed by atoms with E-state index in [1.54, 1.807) is 23.1 Å². The van der Waals surface area contributed by atoms with Gasteiger partial charge in [-0.3, -0.25) is 4.79 Å². The molecule has 134 valence electrons. The Labute approximate surface area is 159 Å².